The van der Waals surface area contributed by atoms with Crippen molar-refractivity contribution in [2.45, 2.75) is 12.8 Å². The van der Waals surface area contributed by atoms with Crippen molar-refractivity contribution in [3.63, 3.8) is 0 Å². The Morgan fingerprint density at radius 2 is 2.12 bits per heavy atom. The fraction of sp³-hybridized carbons (Fsp3) is 0.308. The highest BCUT2D eigenvalue weighted by Gasteiger charge is 2.04. The van der Waals surface area contributed by atoms with E-state index in [1.807, 2.05) is 18.2 Å². The molecule has 2 rings (SSSR count). The van der Waals surface area contributed by atoms with Crippen molar-refractivity contribution >= 4 is 11.0 Å². The Morgan fingerprint density at radius 1 is 1.31 bits per heavy atom. The maximum Gasteiger partial charge on any atom is 0.113 e. The molecule has 0 amide bonds. The van der Waals surface area contributed by atoms with Crippen molar-refractivity contribution in [2.75, 3.05) is 6.54 Å². The van der Waals surface area contributed by atoms with Gasteiger partial charge < -0.3 is 10.3 Å². The standard InChI is InChI=1S/C13H17N3/c1-16-12-8-5-4-7-11(12)15-13(16)9-3-2-6-10-14/h2-5,7-8H,6,9-10,14H2,1H3. The summed E-state index contributed by atoms with van der Waals surface area (Å²) in [5.41, 5.74) is 7.67. The molecule has 0 spiro atoms. The summed E-state index contributed by atoms with van der Waals surface area (Å²) in [6.07, 6.45) is 6.04. The quantitative estimate of drug-likeness (QED) is 0.793. The van der Waals surface area contributed by atoms with E-state index in [-0.39, 0.29) is 0 Å². The van der Waals surface area contributed by atoms with Crippen LogP contribution in [-0.4, -0.2) is 16.1 Å². The number of aryl methyl sites for hydroxylation is 1. The number of nitrogens with two attached hydrogens (primary N) is 1. The third kappa shape index (κ3) is 2.14. The van der Waals surface area contributed by atoms with Crippen LogP contribution < -0.4 is 5.73 Å². The SMILES string of the molecule is Cn1c(CC=CCCN)nc2ccccc21. The van der Waals surface area contributed by atoms with Crippen LogP contribution in [-0.2, 0) is 13.5 Å². The van der Waals surface area contributed by atoms with Crippen LogP contribution in [0.1, 0.15) is 12.2 Å². The molecule has 0 aliphatic carbocycles. The summed E-state index contributed by atoms with van der Waals surface area (Å²) < 4.78 is 2.14. The van der Waals surface area contributed by atoms with Gasteiger partial charge in [0.05, 0.1) is 11.0 Å². The number of rotatable bonds is 4. The number of hydrogen-bond donors (Lipinski definition) is 1. The number of allylic oxidation sites excluding steroid dienone is 1. The van der Waals surface area contributed by atoms with Gasteiger partial charge in [0, 0.05) is 13.5 Å². The fourth-order valence-corrected chi connectivity index (χ4v) is 1.78. The third-order valence-corrected chi connectivity index (χ3v) is 2.68. The molecule has 0 unspecified atom stereocenters. The Labute approximate surface area is 95.6 Å². The van der Waals surface area contributed by atoms with Gasteiger partial charge in [-0.2, -0.15) is 0 Å². The minimum Gasteiger partial charge on any atom is -0.331 e. The van der Waals surface area contributed by atoms with E-state index in [2.05, 4.69) is 34.8 Å². The van der Waals surface area contributed by atoms with E-state index < -0.39 is 0 Å². The second kappa shape index (κ2) is 4.94. The van der Waals surface area contributed by atoms with Crippen molar-refractivity contribution in [2.24, 2.45) is 12.8 Å². The zero-order valence-corrected chi connectivity index (χ0v) is 9.56. The van der Waals surface area contributed by atoms with E-state index in [1.165, 1.54) is 5.52 Å². The first-order chi connectivity index (χ1) is 7.83. The molecule has 1 heterocycles. The lowest BCUT2D eigenvalue weighted by atomic mass is 10.3. The van der Waals surface area contributed by atoms with Crippen molar-refractivity contribution in [3.8, 4) is 0 Å². The van der Waals surface area contributed by atoms with E-state index in [4.69, 9.17) is 5.73 Å². The molecule has 0 aliphatic heterocycles. The smallest absolute Gasteiger partial charge is 0.113 e. The summed E-state index contributed by atoms with van der Waals surface area (Å²) >= 11 is 0. The summed E-state index contributed by atoms with van der Waals surface area (Å²) in [6.45, 7) is 0.707. The lowest BCUT2D eigenvalue weighted by Gasteiger charge is -1.98. The molecule has 0 bridgehead atoms. The van der Waals surface area contributed by atoms with Crippen LogP contribution in [0, 0.1) is 0 Å². The highest BCUT2D eigenvalue weighted by molar-refractivity contribution is 5.75. The number of fused-ring (bicyclic) bond motifs is 1. The second-order valence-corrected chi connectivity index (χ2v) is 3.83. The van der Waals surface area contributed by atoms with E-state index in [0.717, 1.165) is 24.2 Å². The fourth-order valence-electron chi connectivity index (χ4n) is 1.78. The maximum atomic E-state index is 5.43. The van der Waals surface area contributed by atoms with Gasteiger partial charge in [0.2, 0.25) is 0 Å². The van der Waals surface area contributed by atoms with Crippen molar-refractivity contribution < 1.29 is 0 Å². The van der Waals surface area contributed by atoms with Gasteiger partial charge in [-0.05, 0) is 25.1 Å². The Hall–Kier alpha value is -1.61. The van der Waals surface area contributed by atoms with Crippen LogP contribution in [0.3, 0.4) is 0 Å². The first kappa shape index (κ1) is 10.9. The largest absolute Gasteiger partial charge is 0.331 e. The lowest BCUT2D eigenvalue weighted by Crippen LogP contribution is -1.97. The molecule has 0 aliphatic rings. The van der Waals surface area contributed by atoms with E-state index in [0.29, 0.717) is 6.54 Å². The predicted molar refractivity (Wildman–Crippen MR) is 67.2 cm³/mol. The minimum absolute atomic E-state index is 0.707. The van der Waals surface area contributed by atoms with E-state index in [9.17, 15) is 0 Å². The van der Waals surface area contributed by atoms with Gasteiger partial charge in [-0.1, -0.05) is 24.3 Å². The highest BCUT2D eigenvalue weighted by atomic mass is 15.1. The molecule has 2 N–H and O–H groups in total. The van der Waals surface area contributed by atoms with Gasteiger partial charge >= 0.3 is 0 Å². The summed E-state index contributed by atoms with van der Waals surface area (Å²) in [4.78, 5) is 4.59. The summed E-state index contributed by atoms with van der Waals surface area (Å²) in [6, 6.07) is 8.19. The predicted octanol–water partition coefficient (Wildman–Crippen LogP) is 2.02. The molecule has 84 valence electrons. The van der Waals surface area contributed by atoms with Crippen LogP contribution in [0.2, 0.25) is 0 Å². The number of hydrogen-bond acceptors (Lipinski definition) is 2. The molecule has 0 saturated heterocycles. The molecule has 3 heteroatoms. The number of aromatic nitrogens is 2. The number of para-hydroxylation sites is 2. The molecule has 2 aromatic rings. The topological polar surface area (TPSA) is 43.8 Å². The maximum absolute atomic E-state index is 5.43. The summed E-state index contributed by atoms with van der Waals surface area (Å²) in [7, 11) is 2.06. The lowest BCUT2D eigenvalue weighted by molar-refractivity contribution is 0.851. The Morgan fingerprint density at radius 3 is 2.88 bits per heavy atom. The summed E-state index contributed by atoms with van der Waals surface area (Å²) in [5.74, 6) is 1.09. The minimum atomic E-state index is 0.707. The van der Waals surface area contributed by atoms with Gasteiger partial charge in [0.15, 0.2) is 0 Å². The van der Waals surface area contributed by atoms with E-state index in [1.54, 1.807) is 0 Å². The zero-order chi connectivity index (χ0) is 11.4. The molecule has 1 aromatic heterocycles. The van der Waals surface area contributed by atoms with Crippen molar-refractivity contribution in [3.05, 3.63) is 42.2 Å². The molecule has 16 heavy (non-hydrogen) atoms. The second-order valence-electron chi connectivity index (χ2n) is 3.83. The highest BCUT2D eigenvalue weighted by Crippen LogP contribution is 2.14. The Bertz CT molecular complexity index is 497. The normalized spacial score (nSPS) is 11.6. The average Bonchev–Trinajstić information content (AvgIpc) is 2.63. The third-order valence-electron chi connectivity index (χ3n) is 2.68. The molecule has 3 nitrogen and oxygen atoms in total. The number of imidazole rings is 1. The molecule has 0 radical (unpaired) electrons. The summed E-state index contributed by atoms with van der Waals surface area (Å²) in [5, 5.41) is 0. The van der Waals surface area contributed by atoms with Crippen LogP contribution in [0.25, 0.3) is 11.0 Å². The molecule has 1 aromatic carbocycles. The molecular weight excluding hydrogens is 198 g/mol. The van der Waals surface area contributed by atoms with Crippen molar-refractivity contribution in [1.29, 1.82) is 0 Å². The molecule has 0 saturated carbocycles. The monoisotopic (exact) mass is 215 g/mol. The number of nitrogens with zero attached hydrogens (tertiary/aromatic N) is 2. The first-order valence-corrected chi connectivity index (χ1v) is 5.58. The van der Waals surface area contributed by atoms with Crippen LogP contribution in [0.5, 0.6) is 0 Å². The molecule has 0 atom stereocenters. The number of benzene rings is 1. The first-order valence-electron chi connectivity index (χ1n) is 5.58. The zero-order valence-electron chi connectivity index (χ0n) is 9.56. The van der Waals surface area contributed by atoms with Crippen molar-refractivity contribution in [1.82, 2.24) is 9.55 Å². The van der Waals surface area contributed by atoms with Crippen LogP contribution in [0.4, 0.5) is 0 Å². The van der Waals surface area contributed by atoms with Gasteiger partial charge in [-0.3, -0.25) is 0 Å². The van der Waals surface area contributed by atoms with Crippen LogP contribution >= 0.6 is 0 Å². The Kier molecular flexibility index (Phi) is 3.37. The van der Waals surface area contributed by atoms with Gasteiger partial charge in [0.1, 0.15) is 5.82 Å². The van der Waals surface area contributed by atoms with Gasteiger partial charge in [0.25, 0.3) is 0 Å². The molecular formula is C13H17N3. The van der Waals surface area contributed by atoms with Crippen LogP contribution in [0.15, 0.2) is 36.4 Å². The Balaban J connectivity index is 2.21. The average molecular weight is 215 g/mol. The van der Waals surface area contributed by atoms with Gasteiger partial charge in [-0.15, -0.1) is 0 Å². The van der Waals surface area contributed by atoms with E-state index >= 15 is 0 Å². The van der Waals surface area contributed by atoms with Gasteiger partial charge in [-0.25, -0.2) is 4.98 Å². The molecule has 0 fully saturated rings.